The van der Waals surface area contributed by atoms with Crippen LogP contribution < -0.4 is 24.6 Å². The monoisotopic (exact) mass is 352 g/mol. The molecule has 2 aliphatic rings. The predicted molar refractivity (Wildman–Crippen MR) is 94.6 cm³/mol. The summed E-state index contributed by atoms with van der Waals surface area (Å²) in [4.78, 5) is 12.8. The van der Waals surface area contributed by atoms with E-state index in [1.165, 1.54) is 7.11 Å². The Morgan fingerprint density at radius 2 is 1.81 bits per heavy atom. The van der Waals surface area contributed by atoms with Gasteiger partial charge < -0.3 is 23.4 Å². The maximum atomic E-state index is 12.8. The first-order chi connectivity index (χ1) is 12.7. The molecule has 0 N–H and O–H groups in total. The molecule has 1 aromatic heterocycles. The third-order valence-corrected chi connectivity index (χ3v) is 5.03. The van der Waals surface area contributed by atoms with Crippen molar-refractivity contribution in [3.63, 3.8) is 0 Å². The summed E-state index contributed by atoms with van der Waals surface area (Å²) in [5.74, 6) is 2.91. The zero-order chi connectivity index (χ0) is 17.8. The molecular formula is C20H16O6. The van der Waals surface area contributed by atoms with Gasteiger partial charge in [0, 0.05) is 11.1 Å². The largest absolute Gasteiger partial charge is 0.493 e. The van der Waals surface area contributed by atoms with Gasteiger partial charge in [0.05, 0.1) is 14.2 Å². The Morgan fingerprint density at radius 1 is 1.00 bits per heavy atom. The summed E-state index contributed by atoms with van der Waals surface area (Å²) >= 11 is 0. The Morgan fingerprint density at radius 3 is 2.58 bits per heavy atom. The summed E-state index contributed by atoms with van der Waals surface area (Å²) in [6.07, 6.45) is 1.59. The first-order valence-corrected chi connectivity index (χ1v) is 8.35. The van der Waals surface area contributed by atoms with Gasteiger partial charge >= 0.3 is 5.63 Å². The summed E-state index contributed by atoms with van der Waals surface area (Å²) < 4.78 is 27.4. The fourth-order valence-corrected chi connectivity index (χ4v) is 3.84. The van der Waals surface area contributed by atoms with Crippen LogP contribution in [-0.2, 0) is 12.8 Å². The van der Waals surface area contributed by atoms with E-state index in [0.29, 0.717) is 28.4 Å². The molecule has 1 aliphatic carbocycles. The normalized spacial score (nSPS) is 14.1. The lowest BCUT2D eigenvalue weighted by molar-refractivity contribution is 0.174. The zero-order valence-corrected chi connectivity index (χ0v) is 14.4. The van der Waals surface area contributed by atoms with Crippen LogP contribution in [0.5, 0.6) is 23.0 Å². The van der Waals surface area contributed by atoms with Crippen LogP contribution in [0.15, 0.2) is 33.5 Å². The molecule has 6 nitrogen and oxygen atoms in total. The standard InChI is InChI=1S/C20H16O6/c1-22-14-6-5-11-12-4-3-10-7-15-16(25-9-24-15)8-13(10)18(12)26-20(21)17(11)19(14)23-2/h5-8H,3-4,9H2,1-2H3. The van der Waals surface area contributed by atoms with Gasteiger partial charge in [-0.1, -0.05) is 0 Å². The molecular weight excluding hydrogens is 336 g/mol. The highest BCUT2D eigenvalue weighted by atomic mass is 16.7. The van der Waals surface area contributed by atoms with Crippen LogP contribution in [0, 0.1) is 0 Å². The first-order valence-electron chi connectivity index (χ1n) is 8.35. The highest BCUT2D eigenvalue weighted by Crippen LogP contribution is 2.45. The van der Waals surface area contributed by atoms with Crippen molar-refractivity contribution in [2.75, 3.05) is 21.0 Å². The molecule has 0 unspecified atom stereocenters. The summed E-state index contributed by atoms with van der Waals surface area (Å²) in [7, 11) is 3.06. The van der Waals surface area contributed by atoms with E-state index < -0.39 is 5.63 Å². The maximum Gasteiger partial charge on any atom is 0.348 e. The van der Waals surface area contributed by atoms with Gasteiger partial charge in [-0.2, -0.15) is 0 Å². The van der Waals surface area contributed by atoms with Crippen molar-refractivity contribution in [2.24, 2.45) is 0 Å². The van der Waals surface area contributed by atoms with Crippen LogP contribution in [-0.4, -0.2) is 21.0 Å². The highest BCUT2D eigenvalue weighted by molar-refractivity contribution is 5.95. The third-order valence-electron chi connectivity index (χ3n) is 5.03. The minimum absolute atomic E-state index is 0.212. The molecule has 0 saturated heterocycles. The number of hydrogen-bond acceptors (Lipinski definition) is 6. The Bertz CT molecular complexity index is 1110. The molecule has 2 heterocycles. The molecule has 0 spiro atoms. The van der Waals surface area contributed by atoms with Crippen LogP contribution in [0.3, 0.4) is 0 Å². The number of fused-ring (bicyclic) bond motifs is 6. The van der Waals surface area contributed by atoms with Crippen molar-refractivity contribution in [1.29, 1.82) is 0 Å². The second-order valence-electron chi connectivity index (χ2n) is 6.28. The average Bonchev–Trinajstić information content (AvgIpc) is 3.12. The van der Waals surface area contributed by atoms with Gasteiger partial charge in [-0.05, 0) is 48.1 Å². The zero-order valence-electron chi connectivity index (χ0n) is 14.4. The quantitative estimate of drug-likeness (QED) is 0.705. The van der Waals surface area contributed by atoms with Gasteiger partial charge in [0.2, 0.25) is 6.79 Å². The van der Waals surface area contributed by atoms with E-state index in [2.05, 4.69) is 0 Å². The van der Waals surface area contributed by atoms with E-state index in [9.17, 15) is 4.79 Å². The fourth-order valence-electron chi connectivity index (χ4n) is 3.84. The van der Waals surface area contributed by atoms with Gasteiger partial charge in [0.1, 0.15) is 11.1 Å². The molecule has 5 rings (SSSR count). The summed E-state index contributed by atoms with van der Waals surface area (Å²) in [5.41, 5.74) is 2.51. The van der Waals surface area contributed by atoms with Crippen LogP contribution in [0.25, 0.3) is 22.1 Å². The van der Waals surface area contributed by atoms with Crippen LogP contribution in [0.1, 0.15) is 11.1 Å². The second-order valence-corrected chi connectivity index (χ2v) is 6.28. The lowest BCUT2D eigenvalue weighted by Crippen LogP contribution is -2.11. The number of aryl methyl sites for hydroxylation is 2. The molecule has 1 aliphatic heterocycles. The fraction of sp³-hybridized carbons (Fsp3) is 0.250. The van der Waals surface area contributed by atoms with Gasteiger partial charge in [-0.15, -0.1) is 0 Å². The number of hydrogen-bond donors (Lipinski definition) is 0. The second kappa shape index (κ2) is 5.42. The van der Waals surface area contributed by atoms with Crippen molar-refractivity contribution in [2.45, 2.75) is 12.8 Å². The van der Waals surface area contributed by atoms with Crippen LogP contribution in [0.4, 0.5) is 0 Å². The Labute approximate surface area is 148 Å². The molecule has 0 bridgehead atoms. The Hall–Kier alpha value is -3.15. The van der Waals surface area contributed by atoms with E-state index in [1.54, 1.807) is 7.11 Å². The number of methoxy groups -OCH3 is 2. The molecule has 0 amide bonds. The molecule has 26 heavy (non-hydrogen) atoms. The van der Waals surface area contributed by atoms with Crippen molar-refractivity contribution in [1.82, 2.24) is 0 Å². The summed E-state index contributed by atoms with van der Waals surface area (Å²) in [6.45, 7) is 0.212. The SMILES string of the molecule is COc1ccc2c3c(oc(=O)c2c1OC)-c1cc2c(cc1CC3)OCO2. The number of ether oxygens (including phenoxy) is 4. The first kappa shape index (κ1) is 15.1. The summed E-state index contributed by atoms with van der Waals surface area (Å²) in [6, 6.07) is 7.57. The van der Waals surface area contributed by atoms with E-state index in [-0.39, 0.29) is 6.79 Å². The van der Waals surface area contributed by atoms with Crippen molar-refractivity contribution in [3.8, 4) is 34.3 Å². The van der Waals surface area contributed by atoms with Crippen molar-refractivity contribution < 1.29 is 23.4 Å². The molecule has 3 aromatic rings. The lowest BCUT2D eigenvalue weighted by Gasteiger charge is -2.21. The Balaban J connectivity index is 1.83. The van der Waals surface area contributed by atoms with Crippen LogP contribution in [0.2, 0.25) is 0 Å². The van der Waals surface area contributed by atoms with E-state index in [4.69, 9.17) is 23.4 Å². The Kier molecular flexibility index (Phi) is 3.16. The lowest BCUT2D eigenvalue weighted by atomic mass is 9.87. The van der Waals surface area contributed by atoms with Gasteiger partial charge in [-0.25, -0.2) is 4.79 Å². The molecule has 132 valence electrons. The minimum atomic E-state index is -0.444. The van der Waals surface area contributed by atoms with E-state index in [0.717, 1.165) is 40.7 Å². The van der Waals surface area contributed by atoms with Gasteiger partial charge in [0.25, 0.3) is 0 Å². The van der Waals surface area contributed by atoms with Crippen LogP contribution >= 0.6 is 0 Å². The molecule has 6 heteroatoms. The third kappa shape index (κ3) is 1.95. The summed E-state index contributed by atoms with van der Waals surface area (Å²) in [5, 5.41) is 1.24. The van der Waals surface area contributed by atoms with Gasteiger partial charge in [0.15, 0.2) is 23.0 Å². The molecule has 2 aromatic carbocycles. The molecule has 0 saturated carbocycles. The van der Waals surface area contributed by atoms with E-state index >= 15 is 0 Å². The number of rotatable bonds is 2. The van der Waals surface area contributed by atoms with Gasteiger partial charge in [-0.3, -0.25) is 0 Å². The predicted octanol–water partition coefficient (Wildman–Crippen LogP) is 3.30. The topological polar surface area (TPSA) is 67.1 Å². The smallest absolute Gasteiger partial charge is 0.348 e. The minimum Gasteiger partial charge on any atom is -0.493 e. The molecule has 0 fully saturated rings. The molecule has 0 atom stereocenters. The maximum absolute atomic E-state index is 12.8. The van der Waals surface area contributed by atoms with E-state index in [1.807, 2.05) is 24.3 Å². The van der Waals surface area contributed by atoms with Crippen molar-refractivity contribution >= 4 is 10.8 Å². The highest BCUT2D eigenvalue weighted by Gasteiger charge is 2.27. The average molecular weight is 352 g/mol. The number of benzene rings is 2. The molecule has 0 radical (unpaired) electrons. The van der Waals surface area contributed by atoms with Crippen molar-refractivity contribution in [3.05, 3.63) is 45.8 Å².